The molecule has 1 heterocycles. The van der Waals surface area contributed by atoms with Gasteiger partial charge >= 0.3 is 0 Å². The molecule has 6 nitrogen and oxygen atoms in total. The first-order valence-electron chi connectivity index (χ1n) is 6.52. The average molecular weight is 284 g/mol. The molecule has 0 spiro atoms. The summed E-state index contributed by atoms with van der Waals surface area (Å²) in [5, 5.41) is 13.2. The van der Waals surface area contributed by atoms with Crippen LogP contribution in [0.15, 0.2) is 48.0 Å². The van der Waals surface area contributed by atoms with Crippen molar-refractivity contribution >= 4 is 11.6 Å². The van der Waals surface area contributed by atoms with Crippen molar-refractivity contribution in [2.45, 2.75) is 19.8 Å². The van der Waals surface area contributed by atoms with Crippen LogP contribution < -0.4 is 5.43 Å². The topological polar surface area (TPSA) is 87.5 Å². The van der Waals surface area contributed by atoms with Gasteiger partial charge in [-0.3, -0.25) is 9.78 Å². The van der Waals surface area contributed by atoms with E-state index in [1.54, 1.807) is 12.1 Å². The molecule has 1 aromatic carbocycles. The number of aromatic hydroxyl groups is 1. The van der Waals surface area contributed by atoms with Crippen molar-refractivity contribution < 1.29 is 9.90 Å². The highest BCUT2D eigenvalue weighted by Crippen LogP contribution is 2.11. The summed E-state index contributed by atoms with van der Waals surface area (Å²) < 4.78 is 0. The van der Waals surface area contributed by atoms with E-state index in [4.69, 9.17) is 0 Å². The van der Waals surface area contributed by atoms with Crippen molar-refractivity contribution in [3.63, 3.8) is 0 Å². The molecular weight excluding hydrogens is 268 g/mol. The number of carbonyl (C=O) groups is 1. The normalized spacial score (nSPS) is 11.2. The molecule has 0 aliphatic carbocycles. The molecular formula is C15H16N4O2. The fourth-order valence-electron chi connectivity index (χ4n) is 1.66. The number of aromatic nitrogens is 2. The van der Waals surface area contributed by atoms with Crippen LogP contribution in [0.4, 0.5) is 0 Å². The molecule has 0 bridgehead atoms. The minimum atomic E-state index is -0.382. The summed E-state index contributed by atoms with van der Waals surface area (Å²) in [7, 11) is 0. The first-order chi connectivity index (χ1) is 10.1. The van der Waals surface area contributed by atoms with E-state index in [1.807, 2.05) is 19.1 Å². The highest BCUT2D eigenvalue weighted by Gasteiger charge is 2.05. The Morgan fingerprint density at radius 3 is 2.71 bits per heavy atom. The zero-order chi connectivity index (χ0) is 15.1. The molecule has 6 heteroatoms. The number of hydrogen-bond donors (Lipinski definition) is 2. The van der Waals surface area contributed by atoms with Crippen LogP contribution in [0, 0.1) is 0 Å². The fraction of sp³-hybridized carbons (Fsp3) is 0.200. The number of carbonyl (C=O) groups excluding carboxylic acids is 1. The molecule has 0 atom stereocenters. The SMILES string of the molecule is C/C(CCc1ccc(O)cc1)=N\NC(=O)c1cnccn1. The lowest BCUT2D eigenvalue weighted by atomic mass is 10.1. The van der Waals surface area contributed by atoms with Gasteiger partial charge in [-0.1, -0.05) is 12.1 Å². The average Bonchev–Trinajstić information content (AvgIpc) is 2.53. The van der Waals surface area contributed by atoms with E-state index >= 15 is 0 Å². The predicted molar refractivity (Wildman–Crippen MR) is 79.0 cm³/mol. The van der Waals surface area contributed by atoms with Crippen LogP contribution in [0.25, 0.3) is 0 Å². The molecule has 0 saturated heterocycles. The minimum absolute atomic E-state index is 0.229. The Hall–Kier alpha value is -2.76. The number of amides is 1. The summed E-state index contributed by atoms with van der Waals surface area (Å²) in [6.07, 6.45) is 5.85. The van der Waals surface area contributed by atoms with Gasteiger partial charge in [0, 0.05) is 18.1 Å². The summed E-state index contributed by atoms with van der Waals surface area (Å²) in [4.78, 5) is 19.4. The highest BCUT2D eigenvalue weighted by atomic mass is 16.3. The molecule has 2 aromatic rings. The third-order valence-corrected chi connectivity index (χ3v) is 2.86. The number of phenols is 1. The van der Waals surface area contributed by atoms with E-state index < -0.39 is 0 Å². The number of nitrogens with one attached hydrogen (secondary N) is 1. The van der Waals surface area contributed by atoms with Gasteiger partial charge in [-0.15, -0.1) is 0 Å². The van der Waals surface area contributed by atoms with Crippen LogP contribution in [0.1, 0.15) is 29.4 Å². The molecule has 0 saturated carbocycles. The molecule has 1 amide bonds. The Morgan fingerprint density at radius 1 is 1.29 bits per heavy atom. The lowest BCUT2D eigenvalue weighted by Crippen LogP contribution is -2.20. The van der Waals surface area contributed by atoms with Gasteiger partial charge in [0.1, 0.15) is 11.4 Å². The lowest BCUT2D eigenvalue weighted by molar-refractivity contribution is 0.0949. The molecule has 1 aromatic heterocycles. The molecule has 0 radical (unpaired) electrons. The number of hydrazone groups is 1. The van der Waals surface area contributed by atoms with Gasteiger partial charge in [0.2, 0.25) is 0 Å². The van der Waals surface area contributed by atoms with Crippen LogP contribution >= 0.6 is 0 Å². The van der Waals surface area contributed by atoms with E-state index in [0.717, 1.165) is 17.7 Å². The van der Waals surface area contributed by atoms with Crippen molar-refractivity contribution in [2.24, 2.45) is 5.10 Å². The van der Waals surface area contributed by atoms with Crippen LogP contribution in [-0.2, 0) is 6.42 Å². The van der Waals surface area contributed by atoms with Crippen molar-refractivity contribution in [1.29, 1.82) is 0 Å². The summed E-state index contributed by atoms with van der Waals surface area (Å²) in [5.74, 6) is -0.132. The van der Waals surface area contributed by atoms with Crippen molar-refractivity contribution in [2.75, 3.05) is 0 Å². The van der Waals surface area contributed by atoms with Crippen molar-refractivity contribution in [3.8, 4) is 5.75 Å². The van der Waals surface area contributed by atoms with E-state index in [9.17, 15) is 9.90 Å². The van der Waals surface area contributed by atoms with Gasteiger partial charge in [0.05, 0.1) is 6.20 Å². The van der Waals surface area contributed by atoms with E-state index in [1.165, 1.54) is 18.6 Å². The Balaban J connectivity index is 1.84. The Bertz CT molecular complexity index is 624. The van der Waals surface area contributed by atoms with Gasteiger partial charge < -0.3 is 5.11 Å². The standard InChI is InChI=1S/C15H16N4O2/c1-11(2-3-12-4-6-13(20)7-5-12)18-19-15(21)14-10-16-8-9-17-14/h4-10,20H,2-3H2,1H3,(H,19,21)/b18-11+. The number of phenolic OH excluding ortho intramolecular Hbond substituents is 1. The van der Waals surface area contributed by atoms with Gasteiger partial charge in [-0.05, 0) is 37.5 Å². The summed E-state index contributed by atoms with van der Waals surface area (Å²) >= 11 is 0. The zero-order valence-electron chi connectivity index (χ0n) is 11.7. The number of aryl methyl sites for hydroxylation is 1. The predicted octanol–water partition coefficient (Wildman–Crippen LogP) is 1.92. The molecule has 0 fully saturated rings. The third kappa shape index (κ3) is 4.68. The molecule has 0 aliphatic heterocycles. The first kappa shape index (κ1) is 14.6. The quantitative estimate of drug-likeness (QED) is 0.648. The van der Waals surface area contributed by atoms with Crippen molar-refractivity contribution in [1.82, 2.24) is 15.4 Å². The zero-order valence-corrected chi connectivity index (χ0v) is 11.7. The molecule has 108 valence electrons. The van der Waals surface area contributed by atoms with Crippen LogP contribution in [0.5, 0.6) is 5.75 Å². The van der Waals surface area contributed by atoms with Crippen LogP contribution in [-0.4, -0.2) is 26.7 Å². The van der Waals surface area contributed by atoms with E-state index in [0.29, 0.717) is 6.42 Å². The molecule has 2 rings (SSSR count). The lowest BCUT2D eigenvalue weighted by Gasteiger charge is -2.03. The summed E-state index contributed by atoms with van der Waals surface area (Å²) in [6, 6.07) is 7.02. The molecule has 0 unspecified atom stereocenters. The number of rotatable bonds is 5. The highest BCUT2D eigenvalue weighted by molar-refractivity contribution is 5.93. The Kier molecular flexibility index (Phi) is 4.98. The second kappa shape index (κ2) is 7.14. The molecule has 21 heavy (non-hydrogen) atoms. The van der Waals surface area contributed by atoms with Crippen LogP contribution in [0.2, 0.25) is 0 Å². The Morgan fingerprint density at radius 2 is 2.05 bits per heavy atom. The molecule has 0 aliphatic rings. The summed E-state index contributed by atoms with van der Waals surface area (Å²) in [5.41, 5.74) is 4.59. The smallest absolute Gasteiger partial charge is 0.291 e. The second-order valence-corrected chi connectivity index (χ2v) is 4.55. The summed E-state index contributed by atoms with van der Waals surface area (Å²) in [6.45, 7) is 1.84. The van der Waals surface area contributed by atoms with Gasteiger partial charge in [0.25, 0.3) is 5.91 Å². The van der Waals surface area contributed by atoms with Gasteiger partial charge in [0.15, 0.2) is 0 Å². The largest absolute Gasteiger partial charge is 0.508 e. The van der Waals surface area contributed by atoms with Crippen molar-refractivity contribution in [3.05, 3.63) is 54.1 Å². The number of nitrogens with zero attached hydrogens (tertiary/aromatic N) is 3. The Labute approximate surface area is 122 Å². The monoisotopic (exact) mass is 284 g/mol. The second-order valence-electron chi connectivity index (χ2n) is 4.55. The van der Waals surface area contributed by atoms with Gasteiger partial charge in [-0.2, -0.15) is 5.10 Å². The number of benzene rings is 1. The fourth-order valence-corrected chi connectivity index (χ4v) is 1.66. The minimum Gasteiger partial charge on any atom is -0.508 e. The maximum absolute atomic E-state index is 11.7. The van der Waals surface area contributed by atoms with E-state index in [2.05, 4.69) is 20.5 Å². The first-order valence-corrected chi connectivity index (χ1v) is 6.52. The molecule has 2 N–H and O–H groups in total. The maximum atomic E-state index is 11.7. The van der Waals surface area contributed by atoms with E-state index in [-0.39, 0.29) is 17.4 Å². The third-order valence-electron chi connectivity index (χ3n) is 2.86. The number of hydrogen-bond acceptors (Lipinski definition) is 5. The maximum Gasteiger partial charge on any atom is 0.291 e. The van der Waals surface area contributed by atoms with Gasteiger partial charge in [-0.25, -0.2) is 10.4 Å². The van der Waals surface area contributed by atoms with Crippen LogP contribution in [0.3, 0.4) is 0 Å².